The first-order valence-electron chi connectivity index (χ1n) is 14.8. The Morgan fingerprint density at radius 3 is 2.44 bits per heavy atom. The monoisotopic (exact) mass is 570 g/mol. The van der Waals surface area contributed by atoms with Gasteiger partial charge in [-0.3, -0.25) is 4.79 Å². The van der Waals surface area contributed by atoms with E-state index in [1.165, 1.54) is 10.8 Å². The number of rotatable bonds is 10. The largest absolute Gasteiger partial charge is 0.497 e. The second-order valence-electron chi connectivity index (χ2n) is 11.9. The van der Waals surface area contributed by atoms with Crippen LogP contribution >= 0.6 is 0 Å². The van der Waals surface area contributed by atoms with Gasteiger partial charge >= 0.3 is 0 Å². The molecule has 1 fully saturated rings. The minimum Gasteiger partial charge on any atom is -0.497 e. The van der Waals surface area contributed by atoms with Gasteiger partial charge in [0.25, 0.3) is 0 Å². The van der Waals surface area contributed by atoms with Gasteiger partial charge in [-0.15, -0.1) is 0 Å². The van der Waals surface area contributed by atoms with Gasteiger partial charge in [0.15, 0.2) is 0 Å². The highest BCUT2D eigenvalue weighted by Gasteiger charge is 2.50. The van der Waals surface area contributed by atoms with E-state index in [2.05, 4.69) is 56.4 Å². The molecule has 1 N–H and O–H groups in total. The van der Waals surface area contributed by atoms with Crippen LogP contribution in [0.2, 0.25) is 18.6 Å². The average molecular weight is 571 g/mol. The summed E-state index contributed by atoms with van der Waals surface area (Å²) in [5, 5.41) is 17.6. The maximum atomic E-state index is 12.8. The molecular weight excluding hydrogens is 528 g/mol. The van der Waals surface area contributed by atoms with Crippen molar-refractivity contribution in [2.45, 2.75) is 69.9 Å². The van der Waals surface area contributed by atoms with E-state index in [9.17, 15) is 9.90 Å². The zero-order chi connectivity index (χ0) is 29.0. The van der Waals surface area contributed by atoms with Gasteiger partial charge < -0.3 is 14.6 Å². The molecule has 7 heteroatoms. The fraction of sp³-hybridized carbons (Fsp3) is 0.412. The number of carbonyl (C=O) groups excluding carboxylic acids is 1. The number of amides is 1. The smallest absolute Gasteiger partial charge is 0.247 e. The van der Waals surface area contributed by atoms with Gasteiger partial charge in [-0.05, 0) is 66.1 Å². The topological polar surface area (TPSA) is 71.4 Å². The Balaban J connectivity index is 1.31. The summed E-state index contributed by atoms with van der Waals surface area (Å²) in [6.07, 6.45) is 3.67. The lowest BCUT2D eigenvalue weighted by Gasteiger charge is -2.36. The van der Waals surface area contributed by atoms with Crippen LogP contribution in [0.1, 0.15) is 43.7 Å². The van der Waals surface area contributed by atoms with E-state index in [1.807, 2.05) is 42.5 Å². The SMILES string of the molecule is COc1ccc([Si](C)(C)[C@@H]2[C@@H](C)[C@@H](CCc3cccc(N4N=C(c5ccccc5)CCC4=O)c3)O[C@H]2CCO)cc1. The third kappa shape index (κ3) is 6.32. The van der Waals surface area contributed by atoms with Gasteiger partial charge in [-0.25, -0.2) is 5.01 Å². The molecular formula is C34H42N2O4Si. The van der Waals surface area contributed by atoms with Gasteiger partial charge in [-0.2, -0.15) is 5.10 Å². The summed E-state index contributed by atoms with van der Waals surface area (Å²) in [4.78, 5) is 12.8. The number of anilines is 1. The van der Waals surface area contributed by atoms with Crippen molar-refractivity contribution in [1.82, 2.24) is 0 Å². The highest BCUT2D eigenvalue weighted by atomic mass is 28.3. The van der Waals surface area contributed by atoms with E-state index in [0.29, 0.717) is 30.7 Å². The molecule has 0 aromatic heterocycles. The van der Waals surface area contributed by atoms with Crippen LogP contribution in [0.3, 0.4) is 0 Å². The third-order valence-corrected chi connectivity index (χ3v) is 13.4. The van der Waals surface area contributed by atoms with Gasteiger partial charge in [0, 0.05) is 19.4 Å². The van der Waals surface area contributed by atoms with E-state index < -0.39 is 8.07 Å². The molecule has 0 aliphatic carbocycles. The molecule has 3 aromatic carbocycles. The molecule has 216 valence electrons. The molecule has 4 atom stereocenters. The van der Waals surface area contributed by atoms with E-state index in [4.69, 9.17) is 14.6 Å². The number of aryl methyl sites for hydroxylation is 1. The molecule has 6 nitrogen and oxygen atoms in total. The molecule has 3 aromatic rings. The van der Waals surface area contributed by atoms with Crippen LogP contribution in [0.25, 0.3) is 0 Å². The van der Waals surface area contributed by atoms with Gasteiger partial charge in [0.1, 0.15) is 5.75 Å². The molecule has 41 heavy (non-hydrogen) atoms. The molecule has 0 bridgehead atoms. The summed E-state index contributed by atoms with van der Waals surface area (Å²) in [5.41, 5.74) is 4.37. The average Bonchev–Trinajstić information content (AvgIpc) is 3.32. The fourth-order valence-electron chi connectivity index (χ4n) is 6.79. The maximum Gasteiger partial charge on any atom is 0.247 e. The Labute approximate surface area is 245 Å². The minimum atomic E-state index is -1.92. The normalized spacial score (nSPS) is 23.0. The fourth-order valence-corrected chi connectivity index (χ4v) is 10.9. The number of benzene rings is 3. The molecule has 0 unspecified atom stereocenters. The van der Waals surface area contributed by atoms with Crippen molar-refractivity contribution in [2.24, 2.45) is 11.0 Å². The molecule has 1 saturated heterocycles. The van der Waals surface area contributed by atoms with Gasteiger partial charge in [0.2, 0.25) is 5.91 Å². The van der Waals surface area contributed by atoms with Gasteiger partial charge in [0.05, 0.1) is 38.8 Å². The molecule has 0 radical (unpaired) electrons. The first-order valence-corrected chi connectivity index (χ1v) is 17.8. The third-order valence-electron chi connectivity index (χ3n) is 9.00. The molecule has 2 heterocycles. The molecule has 5 rings (SSSR count). The van der Waals surface area contributed by atoms with E-state index in [-0.39, 0.29) is 24.7 Å². The Hall–Kier alpha value is -3.26. The van der Waals surface area contributed by atoms with Crippen molar-refractivity contribution < 1.29 is 19.4 Å². The van der Waals surface area contributed by atoms with Crippen LogP contribution in [-0.2, 0) is 16.0 Å². The lowest BCUT2D eigenvalue weighted by Crippen LogP contribution is -2.50. The second kappa shape index (κ2) is 12.7. The van der Waals surface area contributed by atoms with Crippen molar-refractivity contribution >= 4 is 30.6 Å². The summed E-state index contributed by atoms with van der Waals surface area (Å²) in [6, 6.07) is 26.8. The molecule has 1 amide bonds. The summed E-state index contributed by atoms with van der Waals surface area (Å²) in [7, 11) is -0.224. The van der Waals surface area contributed by atoms with Crippen LogP contribution in [0.5, 0.6) is 5.75 Å². The van der Waals surface area contributed by atoms with Crippen molar-refractivity contribution in [3.05, 3.63) is 90.0 Å². The highest BCUT2D eigenvalue weighted by molar-refractivity contribution is 6.91. The van der Waals surface area contributed by atoms with Crippen LogP contribution in [0, 0.1) is 5.92 Å². The van der Waals surface area contributed by atoms with Crippen LogP contribution < -0.4 is 14.9 Å². The first-order chi connectivity index (χ1) is 19.8. The Morgan fingerprint density at radius 2 is 1.73 bits per heavy atom. The number of aliphatic hydroxyl groups excluding tert-OH is 1. The number of nitrogens with zero attached hydrogens (tertiary/aromatic N) is 2. The summed E-state index contributed by atoms with van der Waals surface area (Å²) < 4.78 is 12.1. The van der Waals surface area contributed by atoms with Crippen LogP contribution in [0.15, 0.2) is 84.0 Å². The molecule has 0 saturated carbocycles. The van der Waals surface area contributed by atoms with Crippen molar-refractivity contribution in [2.75, 3.05) is 18.7 Å². The zero-order valence-electron chi connectivity index (χ0n) is 24.6. The predicted octanol–water partition coefficient (Wildman–Crippen LogP) is 5.93. The molecule has 2 aliphatic heterocycles. The summed E-state index contributed by atoms with van der Waals surface area (Å²) in [6.45, 7) is 7.31. The highest BCUT2D eigenvalue weighted by Crippen LogP contribution is 2.46. The Bertz CT molecular complexity index is 1360. The summed E-state index contributed by atoms with van der Waals surface area (Å²) in [5.74, 6) is 1.27. The van der Waals surface area contributed by atoms with E-state index in [1.54, 1.807) is 12.1 Å². The predicted molar refractivity (Wildman–Crippen MR) is 168 cm³/mol. The zero-order valence-corrected chi connectivity index (χ0v) is 25.6. The Morgan fingerprint density at radius 1 is 0.976 bits per heavy atom. The van der Waals surface area contributed by atoms with Crippen LogP contribution in [-0.4, -0.2) is 50.7 Å². The van der Waals surface area contributed by atoms with E-state index >= 15 is 0 Å². The lowest BCUT2D eigenvalue weighted by molar-refractivity contribution is -0.118. The van der Waals surface area contributed by atoms with Crippen molar-refractivity contribution in [3.8, 4) is 5.75 Å². The maximum absolute atomic E-state index is 12.8. The molecule has 2 aliphatic rings. The van der Waals surface area contributed by atoms with E-state index in [0.717, 1.165) is 35.6 Å². The van der Waals surface area contributed by atoms with Gasteiger partial charge in [-0.1, -0.05) is 79.8 Å². The number of hydrazone groups is 1. The van der Waals surface area contributed by atoms with Crippen molar-refractivity contribution in [1.29, 1.82) is 0 Å². The second-order valence-corrected chi connectivity index (χ2v) is 16.6. The number of hydrogen-bond donors (Lipinski definition) is 1. The minimum absolute atomic E-state index is 0.0231. The number of methoxy groups -OCH3 is 1. The standard InChI is InChI=1S/C34H42N2O4Si/c1-24-31(40-32(21-22-37)34(24)41(3,4)29-16-14-28(39-2)15-17-29)19-13-25-9-8-12-27(23-25)36-33(38)20-18-30(35-36)26-10-6-5-7-11-26/h5-12,14-17,23-24,31-32,34,37H,13,18-22H2,1-4H3/t24-,31+,32-,34+/m0/s1. The number of ether oxygens (including phenoxy) is 2. The summed E-state index contributed by atoms with van der Waals surface area (Å²) >= 11 is 0. The number of hydrogen-bond acceptors (Lipinski definition) is 5. The van der Waals surface area contributed by atoms with Crippen molar-refractivity contribution in [3.63, 3.8) is 0 Å². The Kier molecular flexibility index (Phi) is 9.07. The lowest BCUT2D eigenvalue weighted by atomic mass is 9.95. The number of aliphatic hydroxyl groups is 1. The number of carbonyl (C=O) groups is 1. The first kappa shape index (κ1) is 29.2. The quantitative estimate of drug-likeness (QED) is 0.307. The molecule has 0 spiro atoms. The van der Waals surface area contributed by atoms with Crippen LogP contribution in [0.4, 0.5) is 5.69 Å².